The van der Waals surface area contributed by atoms with E-state index in [1.165, 1.54) is 21.3 Å². The van der Waals surface area contributed by atoms with Crippen molar-refractivity contribution in [3.8, 4) is 17.2 Å². The molecule has 50 heavy (non-hydrogen) atoms. The zero-order valence-electron chi connectivity index (χ0n) is 29.6. The summed E-state index contributed by atoms with van der Waals surface area (Å²) in [6.45, 7) is 4.64. The minimum atomic E-state index is -0.710. The molecule has 5 rings (SSSR count). The van der Waals surface area contributed by atoms with Gasteiger partial charge in [0, 0.05) is 63.1 Å². The molecule has 0 aliphatic carbocycles. The molecule has 0 saturated carbocycles. The lowest BCUT2D eigenvalue weighted by atomic mass is 9.76. The molecule has 2 aliphatic heterocycles. The molecule has 2 saturated heterocycles. The van der Waals surface area contributed by atoms with Crippen molar-refractivity contribution < 1.29 is 28.5 Å². The molecule has 270 valence electrons. The second-order valence-electron chi connectivity index (χ2n) is 13.4. The zero-order valence-corrected chi connectivity index (χ0v) is 31.1. The normalized spacial score (nSPS) is 18.9. The molecule has 12 heteroatoms. The first-order valence-corrected chi connectivity index (χ1v) is 17.7. The van der Waals surface area contributed by atoms with Crippen LogP contribution in [0.25, 0.3) is 0 Å². The number of rotatable bonds is 13. The van der Waals surface area contributed by atoms with Gasteiger partial charge in [0.1, 0.15) is 5.60 Å². The topological polar surface area (TPSA) is 92.8 Å². The highest BCUT2D eigenvalue weighted by atomic mass is 35.5. The molecule has 2 aliphatic rings. The molecule has 2 amide bonds. The fraction of sp³-hybridized carbons (Fsp3) is 0.474. The third-order valence-corrected chi connectivity index (χ3v) is 10.8. The average Bonchev–Trinajstić information content (AvgIpc) is 3.57. The minimum absolute atomic E-state index is 0.113. The van der Waals surface area contributed by atoms with Gasteiger partial charge in [-0.1, -0.05) is 59.6 Å². The van der Waals surface area contributed by atoms with Crippen LogP contribution in [0.3, 0.4) is 0 Å². The number of benzene rings is 3. The maximum Gasteiger partial charge on any atom is 0.408 e. The van der Waals surface area contributed by atoms with Crippen LogP contribution in [-0.4, -0.2) is 108 Å². The standard InChI is InChI=1S/C38H48Cl2N4O6/c1-42(2)22-17-41-36(46)50-38(28-9-7-6-8-10-28)15-19-43(20-16-38)18-13-37(29-11-12-30(39)31(40)25-29)14-21-44(26-37)35(45)27-23-32(47-3)34(49-5)33(24-27)48-4/h6-12,23-25H,13-22,26H2,1-5H3,(H,41,46). The summed E-state index contributed by atoms with van der Waals surface area (Å²) in [6, 6.07) is 19.2. The van der Waals surface area contributed by atoms with Gasteiger partial charge in [0.25, 0.3) is 5.91 Å². The molecule has 0 radical (unpaired) electrons. The molecular formula is C38H48Cl2N4O6. The van der Waals surface area contributed by atoms with Crippen molar-refractivity contribution in [2.24, 2.45) is 0 Å². The van der Waals surface area contributed by atoms with Crippen molar-refractivity contribution in [2.75, 3.05) is 81.2 Å². The van der Waals surface area contributed by atoms with Crippen LogP contribution in [-0.2, 0) is 15.8 Å². The van der Waals surface area contributed by atoms with Crippen molar-refractivity contribution in [1.82, 2.24) is 20.0 Å². The van der Waals surface area contributed by atoms with Gasteiger partial charge >= 0.3 is 6.09 Å². The van der Waals surface area contributed by atoms with Crippen molar-refractivity contribution in [3.05, 3.63) is 87.4 Å². The van der Waals surface area contributed by atoms with E-state index >= 15 is 0 Å². The molecule has 1 unspecified atom stereocenters. The summed E-state index contributed by atoms with van der Waals surface area (Å²) in [5.41, 5.74) is 1.47. The molecule has 0 spiro atoms. The number of likely N-dealkylation sites (N-methyl/N-ethyl adjacent to an activating group) is 1. The van der Waals surface area contributed by atoms with Crippen LogP contribution >= 0.6 is 23.2 Å². The monoisotopic (exact) mass is 726 g/mol. The van der Waals surface area contributed by atoms with Gasteiger partial charge in [-0.15, -0.1) is 0 Å². The fourth-order valence-corrected chi connectivity index (χ4v) is 7.44. The van der Waals surface area contributed by atoms with E-state index < -0.39 is 11.7 Å². The number of nitrogens with one attached hydrogen (secondary N) is 1. The Kier molecular flexibility index (Phi) is 12.4. The molecular weight excluding hydrogens is 679 g/mol. The van der Waals surface area contributed by atoms with E-state index in [4.69, 9.17) is 42.1 Å². The van der Waals surface area contributed by atoms with Crippen LogP contribution in [0.4, 0.5) is 4.79 Å². The molecule has 3 aromatic rings. The number of amides is 2. The van der Waals surface area contributed by atoms with Crippen LogP contribution in [0.5, 0.6) is 17.2 Å². The van der Waals surface area contributed by atoms with E-state index in [2.05, 4.69) is 10.2 Å². The molecule has 1 atom stereocenters. The number of piperidine rings is 1. The summed E-state index contributed by atoms with van der Waals surface area (Å²) < 4.78 is 22.7. The predicted octanol–water partition coefficient (Wildman–Crippen LogP) is 6.47. The second kappa shape index (κ2) is 16.5. The van der Waals surface area contributed by atoms with Crippen LogP contribution in [0, 0.1) is 0 Å². The van der Waals surface area contributed by atoms with E-state index in [1.807, 2.05) is 72.4 Å². The number of likely N-dealkylation sites (tertiary alicyclic amines) is 2. The van der Waals surface area contributed by atoms with Gasteiger partial charge in [-0.05, 0) is 68.9 Å². The van der Waals surface area contributed by atoms with Gasteiger partial charge in [0.2, 0.25) is 5.75 Å². The number of carbonyl (C=O) groups excluding carboxylic acids is 2. The Bertz CT molecular complexity index is 1610. The number of hydrogen-bond donors (Lipinski definition) is 1. The lowest BCUT2D eigenvalue weighted by molar-refractivity contribution is -0.0412. The Morgan fingerprint density at radius 3 is 2.12 bits per heavy atom. The zero-order chi connectivity index (χ0) is 35.9. The number of nitrogens with zero attached hydrogens (tertiary/aromatic N) is 3. The average molecular weight is 728 g/mol. The maximum atomic E-state index is 14.0. The molecule has 2 heterocycles. The van der Waals surface area contributed by atoms with E-state index in [0.717, 1.165) is 50.1 Å². The van der Waals surface area contributed by atoms with E-state index in [9.17, 15) is 9.59 Å². The summed E-state index contributed by atoms with van der Waals surface area (Å²) in [5, 5.41) is 3.90. The first-order valence-electron chi connectivity index (χ1n) is 17.0. The Morgan fingerprint density at radius 2 is 1.52 bits per heavy atom. The maximum absolute atomic E-state index is 14.0. The number of ether oxygens (including phenoxy) is 4. The highest BCUT2D eigenvalue weighted by molar-refractivity contribution is 6.42. The molecule has 2 fully saturated rings. The number of methoxy groups -OCH3 is 3. The van der Waals surface area contributed by atoms with E-state index in [1.54, 1.807) is 12.1 Å². The Hall–Kier alpha value is -3.70. The van der Waals surface area contributed by atoms with Crippen LogP contribution in [0.1, 0.15) is 47.2 Å². The van der Waals surface area contributed by atoms with Gasteiger partial charge < -0.3 is 39.0 Å². The second-order valence-corrected chi connectivity index (χ2v) is 14.2. The Labute approximate surface area is 305 Å². The Balaban J connectivity index is 1.32. The lowest BCUT2D eigenvalue weighted by Gasteiger charge is -2.42. The predicted molar refractivity (Wildman–Crippen MR) is 196 cm³/mol. The van der Waals surface area contributed by atoms with Gasteiger partial charge in [0.05, 0.1) is 31.4 Å². The molecule has 10 nitrogen and oxygen atoms in total. The summed E-state index contributed by atoms with van der Waals surface area (Å²) >= 11 is 12.9. The van der Waals surface area contributed by atoms with Crippen LogP contribution < -0.4 is 19.5 Å². The van der Waals surface area contributed by atoms with E-state index in [-0.39, 0.29) is 11.3 Å². The van der Waals surface area contributed by atoms with Crippen molar-refractivity contribution in [2.45, 2.75) is 36.7 Å². The summed E-state index contributed by atoms with van der Waals surface area (Å²) in [5.74, 6) is 1.18. The third-order valence-electron chi connectivity index (χ3n) is 10.1. The Morgan fingerprint density at radius 1 is 0.840 bits per heavy atom. The smallest absolute Gasteiger partial charge is 0.408 e. The first-order chi connectivity index (χ1) is 24.0. The third kappa shape index (κ3) is 8.42. The van der Waals surface area contributed by atoms with Gasteiger partial charge in [-0.3, -0.25) is 4.79 Å². The molecule has 0 aromatic heterocycles. The lowest BCUT2D eigenvalue weighted by Crippen LogP contribution is -2.48. The van der Waals surface area contributed by atoms with Crippen molar-refractivity contribution in [3.63, 3.8) is 0 Å². The SMILES string of the molecule is COc1cc(C(=O)N2CCC(CCN3CCC(OC(=O)NCCN(C)C)(c4ccccc4)CC3)(c3ccc(Cl)c(Cl)c3)C2)cc(OC)c1OC. The minimum Gasteiger partial charge on any atom is -0.493 e. The summed E-state index contributed by atoms with van der Waals surface area (Å²) in [6.07, 6.45) is 2.51. The van der Waals surface area contributed by atoms with Crippen LogP contribution in [0.2, 0.25) is 10.0 Å². The number of halogens is 2. The molecule has 3 aromatic carbocycles. The molecule has 0 bridgehead atoms. The summed E-state index contributed by atoms with van der Waals surface area (Å²) in [4.78, 5) is 33.3. The highest BCUT2D eigenvalue weighted by Gasteiger charge is 2.44. The fourth-order valence-electron chi connectivity index (χ4n) is 7.14. The quantitative estimate of drug-likeness (QED) is 0.214. The van der Waals surface area contributed by atoms with E-state index in [0.29, 0.717) is 65.3 Å². The van der Waals surface area contributed by atoms with Gasteiger partial charge in [-0.25, -0.2) is 4.79 Å². The van der Waals surface area contributed by atoms with Crippen LogP contribution in [0.15, 0.2) is 60.7 Å². The van der Waals surface area contributed by atoms with Gasteiger partial charge in [-0.2, -0.15) is 0 Å². The van der Waals surface area contributed by atoms with Crippen molar-refractivity contribution in [1.29, 1.82) is 0 Å². The summed E-state index contributed by atoms with van der Waals surface area (Å²) in [7, 11) is 8.55. The highest BCUT2D eigenvalue weighted by Crippen LogP contribution is 2.43. The number of alkyl carbamates (subject to hydrolysis) is 1. The largest absolute Gasteiger partial charge is 0.493 e. The number of carbonyl (C=O) groups is 2. The molecule has 1 N–H and O–H groups in total. The number of hydrogen-bond acceptors (Lipinski definition) is 8. The van der Waals surface area contributed by atoms with Crippen molar-refractivity contribution >= 4 is 35.2 Å². The van der Waals surface area contributed by atoms with Gasteiger partial charge in [0.15, 0.2) is 11.5 Å². The first kappa shape index (κ1) is 37.6.